The van der Waals surface area contributed by atoms with Crippen LogP contribution in [-0.4, -0.2) is 25.6 Å². The number of anilines is 1. The molecule has 1 saturated carbocycles. The number of alkyl halides is 2. The molecule has 1 aromatic carbocycles. The summed E-state index contributed by atoms with van der Waals surface area (Å²) in [6.45, 7) is 4.20. The molecule has 1 fully saturated rings. The Morgan fingerprint density at radius 1 is 1.11 bits per heavy atom. The van der Waals surface area contributed by atoms with Crippen LogP contribution in [0.4, 0.5) is 19.0 Å². The molecule has 4 aliphatic rings. The number of nitrogens with one attached hydrogen (secondary N) is 1. The minimum atomic E-state index is -2.92. The molecule has 1 N–H and O–H groups in total. The fourth-order valence-electron chi connectivity index (χ4n) is 5.18. The third-order valence-electron chi connectivity index (χ3n) is 7.34. The van der Waals surface area contributed by atoms with Crippen LogP contribution in [0.15, 0.2) is 52.4 Å². The number of fused-ring (bicyclic) bond motifs is 4. The number of rotatable bonds is 4. The number of aryl methyl sites for hydroxylation is 2. The largest absolute Gasteiger partial charge is 0.369 e. The molecule has 0 radical (unpaired) electrons. The lowest BCUT2D eigenvalue weighted by Gasteiger charge is -2.22. The molecule has 1 atom stereocenters. The van der Waals surface area contributed by atoms with Crippen LogP contribution in [0, 0.1) is 12.7 Å². The molecule has 37 heavy (non-hydrogen) atoms. The van der Waals surface area contributed by atoms with E-state index in [9.17, 15) is 18.0 Å². The normalized spacial score (nSPS) is 16.9. The maximum atomic E-state index is 14.9. The topological polar surface area (TPSA) is 77.1 Å². The summed E-state index contributed by atoms with van der Waals surface area (Å²) in [6.07, 6.45) is 0.867. The van der Waals surface area contributed by atoms with Crippen molar-refractivity contribution < 1.29 is 13.2 Å². The van der Waals surface area contributed by atoms with Crippen molar-refractivity contribution in [2.75, 3.05) is 11.9 Å². The molecule has 0 saturated heterocycles. The molecule has 7 nitrogen and oxygen atoms in total. The average molecular weight is 507 g/mol. The van der Waals surface area contributed by atoms with Crippen molar-refractivity contribution in [3.05, 3.63) is 81.2 Å². The maximum Gasteiger partial charge on any atom is 0.266 e. The Hall–Kier alpha value is -3.95. The van der Waals surface area contributed by atoms with Crippen LogP contribution in [0.1, 0.15) is 49.2 Å². The summed E-state index contributed by atoms with van der Waals surface area (Å²) in [6, 6.07) is 8.45. The van der Waals surface area contributed by atoms with Crippen molar-refractivity contribution in [1.29, 1.82) is 0 Å². The minimum absolute atomic E-state index is 0.0784. The Morgan fingerprint density at radius 3 is 2.57 bits per heavy atom. The molecule has 190 valence electrons. The van der Waals surface area contributed by atoms with Crippen molar-refractivity contribution in [3.8, 4) is 22.5 Å². The summed E-state index contributed by atoms with van der Waals surface area (Å²) in [7, 11) is 1.70. The smallest absolute Gasteiger partial charge is 0.266 e. The SMILES string of the molecule is Cc1nc2n3c(c(-c4ccc(=O)n(C)c4)cc-2c(=NC(C)c2cccc(C(F)F)c2F)n1)NCC31CC1. The van der Waals surface area contributed by atoms with Crippen molar-refractivity contribution in [3.63, 3.8) is 0 Å². The summed E-state index contributed by atoms with van der Waals surface area (Å²) >= 11 is 0. The molecule has 10 heteroatoms. The van der Waals surface area contributed by atoms with E-state index in [0.29, 0.717) is 22.7 Å². The standard InChI is InChI=1S/C27H25F3N6O/c1-14(17-5-4-6-18(22(17)28)23(29)30)32-24-20-11-19(16-7-8-21(37)35(3)12-16)25-31-13-27(9-10-27)36(25)26(20)34-15(2)33-24/h4-8,11-12,14,23,31H,9-10,13H2,1-3H3. The van der Waals surface area contributed by atoms with E-state index in [4.69, 9.17) is 9.98 Å². The van der Waals surface area contributed by atoms with E-state index in [1.165, 1.54) is 22.8 Å². The highest BCUT2D eigenvalue weighted by molar-refractivity contribution is 5.83. The lowest BCUT2D eigenvalue weighted by Crippen LogP contribution is -2.25. The molecule has 1 aliphatic carbocycles. The summed E-state index contributed by atoms with van der Waals surface area (Å²) in [5.41, 5.74) is 1.97. The summed E-state index contributed by atoms with van der Waals surface area (Å²) in [5.74, 6) is 1.18. The van der Waals surface area contributed by atoms with Gasteiger partial charge in [0.05, 0.1) is 22.7 Å². The average Bonchev–Trinajstić information content (AvgIpc) is 3.53. The zero-order valence-electron chi connectivity index (χ0n) is 20.6. The van der Waals surface area contributed by atoms with Gasteiger partial charge in [-0.05, 0) is 38.8 Å². The predicted molar refractivity (Wildman–Crippen MR) is 133 cm³/mol. The van der Waals surface area contributed by atoms with Crippen LogP contribution in [0.25, 0.3) is 22.5 Å². The van der Waals surface area contributed by atoms with E-state index >= 15 is 0 Å². The minimum Gasteiger partial charge on any atom is -0.369 e. The zero-order chi connectivity index (χ0) is 26.1. The summed E-state index contributed by atoms with van der Waals surface area (Å²) in [5, 5.41) is 3.54. The van der Waals surface area contributed by atoms with Gasteiger partial charge in [-0.15, -0.1) is 0 Å². The van der Waals surface area contributed by atoms with Gasteiger partial charge >= 0.3 is 0 Å². The van der Waals surface area contributed by atoms with Crippen LogP contribution >= 0.6 is 0 Å². The lowest BCUT2D eigenvalue weighted by atomic mass is 10.0. The fourth-order valence-corrected chi connectivity index (χ4v) is 5.18. The van der Waals surface area contributed by atoms with Gasteiger partial charge in [-0.1, -0.05) is 18.2 Å². The van der Waals surface area contributed by atoms with Gasteiger partial charge in [0.2, 0.25) is 5.56 Å². The number of pyridine rings is 2. The highest BCUT2D eigenvalue weighted by Gasteiger charge is 2.51. The molecule has 0 bridgehead atoms. The van der Waals surface area contributed by atoms with Crippen molar-refractivity contribution >= 4 is 5.82 Å². The maximum absolute atomic E-state index is 14.9. The van der Waals surface area contributed by atoms with E-state index in [-0.39, 0.29) is 16.7 Å². The Morgan fingerprint density at radius 2 is 1.86 bits per heavy atom. The molecule has 2 aromatic rings. The Bertz CT molecular complexity index is 1650. The third-order valence-corrected chi connectivity index (χ3v) is 7.34. The molecule has 1 spiro atoms. The molecule has 1 unspecified atom stereocenters. The molecular weight excluding hydrogens is 481 g/mol. The molecular formula is C27H25F3N6O. The second-order valence-electron chi connectivity index (χ2n) is 9.87. The molecule has 4 heterocycles. The zero-order valence-corrected chi connectivity index (χ0v) is 20.6. The Kier molecular flexibility index (Phi) is 5.25. The summed E-state index contributed by atoms with van der Waals surface area (Å²) in [4.78, 5) is 26.1. The first-order valence-corrected chi connectivity index (χ1v) is 12.1. The molecule has 6 rings (SSSR count). The summed E-state index contributed by atoms with van der Waals surface area (Å²) < 4.78 is 45.2. The van der Waals surface area contributed by atoms with Gasteiger partial charge in [0.15, 0.2) is 5.49 Å². The fraction of sp³-hybridized carbons (Fsp3) is 0.333. The van der Waals surface area contributed by atoms with E-state index in [1.807, 2.05) is 6.07 Å². The first kappa shape index (κ1) is 23.4. The van der Waals surface area contributed by atoms with Gasteiger partial charge in [-0.3, -0.25) is 9.79 Å². The van der Waals surface area contributed by atoms with Gasteiger partial charge in [0.1, 0.15) is 23.3 Å². The monoisotopic (exact) mass is 506 g/mol. The van der Waals surface area contributed by atoms with Crippen LogP contribution in [-0.2, 0) is 12.6 Å². The quantitative estimate of drug-likeness (QED) is 0.435. The van der Waals surface area contributed by atoms with Crippen molar-refractivity contribution in [2.24, 2.45) is 12.0 Å². The van der Waals surface area contributed by atoms with Crippen LogP contribution < -0.4 is 16.4 Å². The van der Waals surface area contributed by atoms with Crippen LogP contribution in [0.2, 0.25) is 0 Å². The number of aromatic nitrogens is 4. The van der Waals surface area contributed by atoms with Gasteiger partial charge in [0.25, 0.3) is 6.43 Å². The van der Waals surface area contributed by atoms with Gasteiger partial charge in [-0.25, -0.2) is 23.1 Å². The van der Waals surface area contributed by atoms with E-state index in [1.54, 1.807) is 33.2 Å². The Labute approximate surface area is 210 Å². The number of hydrogen-bond acceptors (Lipinski definition) is 5. The van der Waals surface area contributed by atoms with Crippen molar-refractivity contribution in [2.45, 2.75) is 44.7 Å². The first-order chi connectivity index (χ1) is 17.7. The van der Waals surface area contributed by atoms with Gasteiger partial charge in [0, 0.05) is 42.5 Å². The number of benzene rings is 1. The Balaban J connectivity index is 1.60. The van der Waals surface area contributed by atoms with E-state index in [2.05, 4.69) is 14.9 Å². The second kappa shape index (κ2) is 8.29. The first-order valence-electron chi connectivity index (χ1n) is 12.1. The van der Waals surface area contributed by atoms with E-state index in [0.717, 1.165) is 42.4 Å². The van der Waals surface area contributed by atoms with Crippen molar-refractivity contribution in [1.82, 2.24) is 19.1 Å². The van der Waals surface area contributed by atoms with Crippen LogP contribution in [0.5, 0.6) is 0 Å². The predicted octanol–water partition coefficient (Wildman–Crippen LogP) is 4.71. The molecule has 1 aromatic heterocycles. The molecule has 0 amide bonds. The number of halogens is 3. The van der Waals surface area contributed by atoms with E-state index < -0.39 is 23.8 Å². The highest BCUT2D eigenvalue weighted by atomic mass is 19.3. The van der Waals surface area contributed by atoms with Gasteiger partial charge in [-0.2, -0.15) is 0 Å². The van der Waals surface area contributed by atoms with Gasteiger partial charge < -0.3 is 14.5 Å². The number of nitrogens with zero attached hydrogens (tertiary/aromatic N) is 5. The third kappa shape index (κ3) is 3.73. The number of hydrogen-bond donors (Lipinski definition) is 1. The lowest BCUT2D eigenvalue weighted by molar-refractivity contribution is 0.146. The highest BCUT2D eigenvalue weighted by Crippen LogP contribution is 2.53. The molecule has 3 aliphatic heterocycles. The second-order valence-corrected chi connectivity index (χ2v) is 9.87. The van der Waals surface area contributed by atoms with Crippen LogP contribution in [0.3, 0.4) is 0 Å².